The number of ether oxygens (including phenoxy) is 1. The van der Waals surface area contributed by atoms with Gasteiger partial charge >= 0.3 is 5.69 Å². The van der Waals surface area contributed by atoms with Gasteiger partial charge in [-0.1, -0.05) is 25.5 Å². The lowest BCUT2D eigenvalue weighted by Gasteiger charge is -2.14. The molecule has 0 atom stereocenters. The highest BCUT2D eigenvalue weighted by molar-refractivity contribution is 7.91. The number of rotatable bonds is 8. The normalized spacial score (nSPS) is 11.7. The fourth-order valence-electron chi connectivity index (χ4n) is 3.54. The van der Waals surface area contributed by atoms with E-state index < -0.39 is 15.7 Å². The van der Waals surface area contributed by atoms with Crippen LogP contribution < -0.4 is 15.7 Å². The second-order valence-electron chi connectivity index (χ2n) is 7.95. The number of sulfone groups is 1. The Kier molecular flexibility index (Phi) is 6.78. The molecule has 32 heavy (non-hydrogen) atoms. The van der Waals surface area contributed by atoms with Crippen LogP contribution in [0.4, 0.5) is 5.69 Å². The number of fused-ring (bicyclic) bond motifs is 1. The lowest BCUT2D eigenvalue weighted by molar-refractivity contribution is -0.118. The summed E-state index contributed by atoms with van der Waals surface area (Å²) in [6, 6.07) is 8.57. The van der Waals surface area contributed by atoms with E-state index in [0.29, 0.717) is 23.2 Å². The largest absolute Gasteiger partial charge is 0.483 e. The highest BCUT2D eigenvalue weighted by atomic mass is 32.2. The van der Waals surface area contributed by atoms with Crippen LogP contribution in [0.1, 0.15) is 30.9 Å². The average Bonchev–Trinajstić information content (AvgIpc) is 2.96. The Morgan fingerprint density at radius 1 is 1.09 bits per heavy atom. The number of imidazole rings is 1. The van der Waals surface area contributed by atoms with E-state index in [9.17, 15) is 18.0 Å². The SMILES string of the molecule is CCCCS(=O)(=O)c1cc2c(cc1NC(=O)COc1cccc(C)c1C)n(C)c(=O)n2C. The highest BCUT2D eigenvalue weighted by Crippen LogP contribution is 2.29. The minimum absolute atomic E-state index is 0.000244. The van der Waals surface area contributed by atoms with E-state index in [1.54, 1.807) is 20.2 Å². The molecule has 9 heteroatoms. The molecule has 1 N–H and O–H groups in total. The number of aryl methyl sites for hydroxylation is 3. The Labute approximate surface area is 187 Å². The van der Waals surface area contributed by atoms with Crippen LogP contribution in [0.2, 0.25) is 0 Å². The molecule has 0 bridgehead atoms. The minimum atomic E-state index is -3.67. The third-order valence-corrected chi connectivity index (χ3v) is 7.50. The maximum absolute atomic E-state index is 13.0. The fraction of sp³-hybridized carbons (Fsp3) is 0.391. The molecule has 2 aromatic carbocycles. The number of carbonyl (C=O) groups is 1. The van der Waals surface area contributed by atoms with Crippen LogP contribution in [0, 0.1) is 13.8 Å². The van der Waals surface area contributed by atoms with Crippen molar-refractivity contribution in [2.24, 2.45) is 14.1 Å². The Morgan fingerprint density at radius 3 is 2.41 bits per heavy atom. The number of hydrogen-bond donors (Lipinski definition) is 1. The van der Waals surface area contributed by atoms with Gasteiger partial charge in [0.2, 0.25) is 0 Å². The topological polar surface area (TPSA) is 99.4 Å². The molecule has 3 aromatic rings. The number of amides is 1. The molecule has 1 amide bonds. The summed E-state index contributed by atoms with van der Waals surface area (Å²) in [4.78, 5) is 25.0. The van der Waals surface area contributed by atoms with Gasteiger partial charge in [-0.2, -0.15) is 0 Å². The molecule has 0 aliphatic heterocycles. The molecule has 0 spiro atoms. The molecule has 0 saturated heterocycles. The molecule has 8 nitrogen and oxygen atoms in total. The first-order valence-electron chi connectivity index (χ1n) is 10.5. The van der Waals surface area contributed by atoms with Gasteiger partial charge in [0.25, 0.3) is 5.91 Å². The molecule has 1 heterocycles. The molecule has 0 aliphatic carbocycles. The first kappa shape index (κ1) is 23.6. The number of nitrogens with zero attached hydrogens (tertiary/aromatic N) is 2. The van der Waals surface area contributed by atoms with Crippen molar-refractivity contribution in [1.29, 1.82) is 0 Å². The van der Waals surface area contributed by atoms with Gasteiger partial charge in [-0.3, -0.25) is 13.9 Å². The van der Waals surface area contributed by atoms with Crippen molar-refractivity contribution in [2.75, 3.05) is 17.7 Å². The zero-order valence-corrected chi connectivity index (χ0v) is 19.9. The van der Waals surface area contributed by atoms with Crippen molar-refractivity contribution in [3.8, 4) is 5.75 Å². The van der Waals surface area contributed by atoms with E-state index in [1.165, 1.54) is 21.3 Å². The molecule has 1 aromatic heterocycles. The van der Waals surface area contributed by atoms with Gasteiger partial charge in [-0.15, -0.1) is 0 Å². The number of aromatic nitrogens is 2. The molecular formula is C23H29N3O5S. The maximum atomic E-state index is 13.0. The van der Waals surface area contributed by atoms with Crippen molar-refractivity contribution in [3.05, 3.63) is 51.9 Å². The second kappa shape index (κ2) is 9.20. The van der Waals surface area contributed by atoms with Crippen LogP contribution in [-0.4, -0.2) is 35.8 Å². The van der Waals surface area contributed by atoms with E-state index in [-0.39, 0.29) is 28.6 Å². The summed E-state index contributed by atoms with van der Waals surface area (Å²) >= 11 is 0. The van der Waals surface area contributed by atoms with Gasteiger partial charge < -0.3 is 10.1 Å². The van der Waals surface area contributed by atoms with E-state index in [4.69, 9.17) is 4.74 Å². The first-order chi connectivity index (χ1) is 15.1. The third kappa shape index (κ3) is 4.57. The number of unbranched alkanes of at least 4 members (excludes halogenated alkanes) is 1. The number of benzene rings is 2. The molecule has 0 unspecified atom stereocenters. The molecular weight excluding hydrogens is 430 g/mol. The third-order valence-electron chi connectivity index (χ3n) is 5.66. The highest BCUT2D eigenvalue weighted by Gasteiger charge is 2.23. The number of nitrogens with one attached hydrogen (secondary N) is 1. The lowest BCUT2D eigenvalue weighted by atomic mass is 10.1. The van der Waals surface area contributed by atoms with Gasteiger partial charge in [0.15, 0.2) is 16.4 Å². The zero-order valence-electron chi connectivity index (χ0n) is 19.1. The predicted molar refractivity (Wildman–Crippen MR) is 125 cm³/mol. The summed E-state index contributed by atoms with van der Waals surface area (Å²) in [6.07, 6.45) is 1.22. The monoisotopic (exact) mass is 459 g/mol. The quantitative estimate of drug-likeness (QED) is 0.558. The summed E-state index contributed by atoms with van der Waals surface area (Å²) in [7, 11) is -0.481. The number of carbonyl (C=O) groups excluding carboxylic acids is 1. The van der Waals surface area contributed by atoms with Crippen molar-refractivity contribution in [2.45, 2.75) is 38.5 Å². The number of anilines is 1. The van der Waals surface area contributed by atoms with Crippen LogP contribution in [-0.2, 0) is 28.7 Å². The summed E-state index contributed by atoms with van der Waals surface area (Å²) in [5, 5.41) is 2.68. The summed E-state index contributed by atoms with van der Waals surface area (Å²) < 4.78 is 34.5. The molecule has 0 aliphatic rings. The van der Waals surface area contributed by atoms with Crippen molar-refractivity contribution < 1.29 is 17.9 Å². The van der Waals surface area contributed by atoms with Crippen molar-refractivity contribution in [3.63, 3.8) is 0 Å². The van der Waals surface area contributed by atoms with Crippen LogP contribution in [0.15, 0.2) is 40.0 Å². The van der Waals surface area contributed by atoms with Gasteiger partial charge in [0, 0.05) is 14.1 Å². The van der Waals surface area contributed by atoms with Gasteiger partial charge in [-0.25, -0.2) is 13.2 Å². The summed E-state index contributed by atoms with van der Waals surface area (Å²) in [5.74, 6) is 0.0625. The van der Waals surface area contributed by atoms with E-state index >= 15 is 0 Å². The van der Waals surface area contributed by atoms with Crippen LogP contribution in [0.3, 0.4) is 0 Å². The van der Waals surface area contributed by atoms with E-state index in [1.807, 2.05) is 32.9 Å². The Morgan fingerprint density at radius 2 is 1.75 bits per heavy atom. The van der Waals surface area contributed by atoms with Gasteiger partial charge in [0.05, 0.1) is 27.4 Å². The molecule has 0 fully saturated rings. The molecule has 3 rings (SSSR count). The first-order valence-corrected chi connectivity index (χ1v) is 12.1. The summed E-state index contributed by atoms with van der Waals surface area (Å²) in [5.41, 5.74) is 2.85. The lowest BCUT2D eigenvalue weighted by Crippen LogP contribution is -2.22. The zero-order chi connectivity index (χ0) is 23.6. The summed E-state index contributed by atoms with van der Waals surface area (Å²) in [6.45, 7) is 5.50. The molecule has 0 radical (unpaired) electrons. The van der Waals surface area contributed by atoms with E-state index in [2.05, 4.69) is 5.32 Å². The van der Waals surface area contributed by atoms with Crippen molar-refractivity contribution >= 4 is 32.5 Å². The average molecular weight is 460 g/mol. The second-order valence-corrected chi connectivity index (χ2v) is 10.0. The van der Waals surface area contributed by atoms with Crippen molar-refractivity contribution in [1.82, 2.24) is 9.13 Å². The van der Waals surface area contributed by atoms with Gasteiger partial charge in [0.1, 0.15) is 5.75 Å². The number of hydrogen-bond acceptors (Lipinski definition) is 5. The Balaban J connectivity index is 1.97. The molecule has 0 saturated carbocycles. The Hall–Kier alpha value is -3.07. The van der Waals surface area contributed by atoms with Crippen LogP contribution in [0.5, 0.6) is 5.75 Å². The standard InChI is InChI=1S/C23H29N3O5S/c1-6-7-11-32(29,30)21-13-19-18(25(4)23(28)26(19)5)12-17(21)24-22(27)14-31-20-10-8-9-15(2)16(20)3/h8-10,12-13H,6-7,11,14H2,1-5H3,(H,24,27). The predicted octanol–water partition coefficient (Wildman–Crippen LogP) is 3.09. The molecule has 172 valence electrons. The fourth-order valence-corrected chi connectivity index (χ4v) is 5.16. The Bertz CT molecular complexity index is 1340. The maximum Gasteiger partial charge on any atom is 0.328 e. The van der Waals surface area contributed by atoms with Crippen LogP contribution in [0.25, 0.3) is 11.0 Å². The van der Waals surface area contributed by atoms with Gasteiger partial charge in [-0.05, 0) is 49.6 Å². The minimum Gasteiger partial charge on any atom is -0.483 e. The van der Waals surface area contributed by atoms with E-state index in [0.717, 1.165) is 17.5 Å². The van der Waals surface area contributed by atoms with Crippen LogP contribution >= 0.6 is 0 Å². The smallest absolute Gasteiger partial charge is 0.328 e.